The van der Waals surface area contributed by atoms with Crippen LogP contribution in [-0.4, -0.2) is 88.2 Å². The Morgan fingerprint density at radius 1 is 1.07 bits per heavy atom. The average Bonchev–Trinajstić information content (AvgIpc) is 3.03. The van der Waals surface area contributed by atoms with Crippen molar-refractivity contribution in [2.24, 2.45) is 0 Å². The molecule has 4 amide bonds. The molecule has 3 heterocycles. The number of carbonyl (C=O) groups is 3. The summed E-state index contributed by atoms with van der Waals surface area (Å²) in [6.45, 7) is 7.97. The molecule has 0 saturated carbocycles. The largest absolute Gasteiger partial charge is 0.508 e. The van der Waals surface area contributed by atoms with Gasteiger partial charge in [-0.3, -0.25) is 9.59 Å². The predicted molar refractivity (Wildman–Crippen MR) is 177 cm³/mol. The molecule has 0 spiro atoms. The Bertz CT molecular complexity index is 1610. The molecular weight excluding hydrogens is 580 g/mol. The third kappa shape index (κ3) is 6.30. The molecule has 0 bridgehead atoms. The van der Waals surface area contributed by atoms with Gasteiger partial charge in [-0.2, -0.15) is 0 Å². The molecule has 3 aliphatic rings. The second-order valence-corrected chi connectivity index (χ2v) is 12.5. The summed E-state index contributed by atoms with van der Waals surface area (Å²) in [5.74, 6) is -0.251. The number of aromatic hydroxyl groups is 1. The number of piperazine rings is 1. The van der Waals surface area contributed by atoms with Gasteiger partial charge in [0.05, 0.1) is 13.1 Å². The Balaban J connectivity index is 1.38. The van der Waals surface area contributed by atoms with Crippen LogP contribution in [0.2, 0.25) is 0 Å². The van der Waals surface area contributed by atoms with Gasteiger partial charge in [-0.05, 0) is 54.2 Å². The van der Waals surface area contributed by atoms with Gasteiger partial charge < -0.3 is 25.1 Å². The molecule has 2 fully saturated rings. The maximum absolute atomic E-state index is 14.5. The number of phenols is 1. The second-order valence-electron chi connectivity index (χ2n) is 12.5. The normalized spacial score (nSPS) is 20.0. The number of hydrogen-bond acceptors (Lipinski definition) is 6. The Kier molecular flexibility index (Phi) is 8.99. The zero-order valence-corrected chi connectivity index (χ0v) is 26.6. The summed E-state index contributed by atoms with van der Waals surface area (Å²) in [5, 5.41) is 16.2. The summed E-state index contributed by atoms with van der Waals surface area (Å²) in [4.78, 5) is 48.0. The highest BCUT2D eigenvalue weighted by Gasteiger charge is 2.51. The number of nitrogens with one attached hydrogen (secondary N) is 1. The minimum atomic E-state index is -0.829. The van der Waals surface area contributed by atoms with Crippen LogP contribution in [0.15, 0.2) is 79.4 Å². The van der Waals surface area contributed by atoms with Gasteiger partial charge in [-0.15, -0.1) is 6.58 Å². The van der Waals surface area contributed by atoms with Gasteiger partial charge >= 0.3 is 6.03 Å². The molecule has 240 valence electrons. The number of urea groups is 1. The van der Waals surface area contributed by atoms with Crippen molar-refractivity contribution in [2.45, 2.75) is 51.5 Å². The van der Waals surface area contributed by atoms with Gasteiger partial charge in [-0.1, -0.05) is 66.2 Å². The quantitative estimate of drug-likeness (QED) is 0.371. The fourth-order valence-corrected chi connectivity index (χ4v) is 7.11. The van der Waals surface area contributed by atoms with Crippen LogP contribution in [0.5, 0.6) is 5.75 Å². The lowest BCUT2D eigenvalue weighted by Crippen LogP contribution is -2.76. The minimum absolute atomic E-state index is 0.0587. The standard InChI is InChI=1S/C36H42N6O4/c1-4-16-40-24-33(44)41-31(20-26-12-14-30(43)15-13-26)35(45)39(22-29-19-25(2)18-28-11-8-17-38(3)34(28)29)23-32(41)42(40)36(46)37-21-27-9-6-5-7-10-27/h4-7,9-10,12-15,18-19,31-32,43H,1,8,11,16-17,20-24H2,2-3H3,(H,37,46)/t31-,32-/m0/s1. The monoisotopic (exact) mass is 622 g/mol. The summed E-state index contributed by atoms with van der Waals surface area (Å²) in [6, 6.07) is 19.6. The summed E-state index contributed by atoms with van der Waals surface area (Å²) < 4.78 is 0. The molecular formula is C36H42N6O4. The number of anilines is 1. The van der Waals surface area contributed by atoms with Crippen molar-refractivity contribution in [1.82, 2.24) is 25.1 Å². The Labute approximate surface area is 270 Å². The molecule has 0 aliphatic carbocycles. The van der Waals surface area contributed by atoms with Gasteiger partial charge in [0, 0.05) is 45.3 Å². The summed E-state index contributed by atoms with van der Waals surface area (Å²) in [7, 11) is 2.09. The number of amides is 4. The number of benzene rings is 3. The van der Waals surface area contributed by atoms with E-state index in [0.29, 0.717) is 19.6 Å². The zero-order valence-electron chi connectivity index (χ0n) is 26.6. The van der Waals surface area contributed by atoms with Crippen LogP contribution < -0.4 is 10.2 Å². The van der Waals surface area contributed by atoms with Crippen LogP contribution in [0.1, 0.15) is 34.2 Å². The van der Waals surface area contributed by atoms with E-state index in [2.05, 4.69) is 42.9 Å². The second kappa shape index (κ2) is 13.3. The first-order valence-electron chi connectivity index (χ1n) is 15.9. The SMILES string of the molecule is C=CCN1CC(=O)N2[C@@H](Cc3ccc(O)cc3)C(=O)N(Cc3cc(C)cc4c3N(C)CCC4)C[C@@H]2N1C(=O)NCc1ccccc1. The number of rotatable bonds is 8. The topological polar surface area (TPSA) is 99.7 Å². The first-order chi connectivity index (χ1) is 22.2. The fraction of sp³-hybridized carbons (Fsp3) is 0.361. The third-order valence-electron chi connectivity index (χ3n) is 9.12. The van der Waals surface area contributed by atoms with Crippen LogP contribution in [0, 0.1) is 6.92 Å². The number of nitrogens with zero attached hydrogens (tertiary/aromatic N) is 5. The van der Waals surface area contributed by atoms with Gasteiger partial charge in [0.1, 0.15) is 18.0 Å². The van der Waals surface area contributed by atoms with Crippen LogP contribution in [0.4, 0.5) is 10.5 Å². The van der Waals surface area contributed by atoms with Crippen molar-refractivity contribution in [2.75, 3.05) is 38.1 Å². The van der Waals surface area contributed by atoms with Crippen molar-refractivity contribution in [3.8, 4) is 5.75 Å². The molecule has 6 rings (SSSR count). The highest BCUT2D eigenvalue weighted by Crippen LogP contribution is 2.35. The molecule has 10 nitrogen and oxygen atoms in total. The van der Waals surface area contributed by atoms with Gasteiger partial charge in [-0.25, -0.2) is 14.8 Å². The van der Waals surface area contributed by atoms with E-state index in [1.54, 1.807) is 45.3 Å². The van der Waals surface area contributed by atoms with E-state index in [-0.39, 0.29) is 43.1 Å². The number of fused-ring (bicyclic) bond motifs is 2. The summed E-state index contributed by atoms with van der Waals surface area (Å²) in [6.07, 6.45) is 3.27. The lowest BCUT2D eigenvalue weighted by molar-refractivity contribution is -0.189. The van der Waals surface area contributed by atoms with E-state index in [9.17, 15) is 19.5 Å². The fourth-order valence-electron chi connectivity index (χ4n) is 7.11. The molecule has 2 N–H and O–H groups in total. The van der Waals surface area contributed by atoms with Crippen LogP contribution in [-0.2, 0) is 35.5 Å². The number of carbonyl (C=O) groups excluding carboxylic acids is 3. The van der Waals surface area contributed by atoms with Gasteiger partial charge in [0.15, 0.2) is 0 Å². The van der Waals surface area contributed by atoms with E-state index < -0.39 is 12.2 Å². The lowest BCUT2D eigenvalue weighted by atomic mass is 9.94. The van der Waals surface area contributed by atoms with Gasteiger partial charge in [0.2, 0.25) is 11.8 Å². The highest BCUT2D eigenvalue weighted by atomic mass is 16.3. The van der Waals surface area contributed by atoms with Crippen molar-refractivity contribution in [1.29, 1.82) is 0 Å². The Morgan fingerprint density at radius 3 is 2.57 bits per heavy atom. The summed E-state index contributed by atoms with van der Waals surface area (Å²) >= 11 is 0. The molecule has 46 heavy (non-hydrogen) atoms. The molecule has 10 heteroatoms. The first-order valence-corrected chi connectivity index (χ1v) is 15.9. The summed E-state index contributed by atoms with van der Waals surface area (Å²) in [5.41, 5.74) is 6.41. The van der Waals surface area contributed by atoms with E-state index in [4.69, 9.17) is 0 Å². The van der Waals surface area contributed by atoms with E-state index >= 15 is 0 Å². The smallest absolute Gasteiger partial charge is 0.334 e. The molecule has 3 aromatic carbocycles. The Morgan fingerprint density at radius 2 is 1.83 bits per heavy atom. The van der Waals surface area contributed by atoms with Crippen LogP contribution >= 0.6 is 0 Å². The maximum Gasteiger partial charge on any atom is 0.334 e. The van der Waals surface area contributed by atoms with Crippen LogP contribution in [0.25, 0.3) is 0 Å². The molecule has 0 unspecified atom stereocenters. The predicted octanol–water partition coefficient (Wildman–Crippen LogP) is 3.82. The highest BCUT2D eigenvalue weighted by molar-refractivity contribution is 5.92. The molecule has 0 aromatic heterocycles. The molecule has 2 saturated heterocycles. The third-order valence-corrected chi connectivity index (χ3v) is 9.12. The molecule has 2 atom stereocenters. The van der Waals surface area contributed by atoms with E-state index in [1.807, 2.05) is 35.2 Å². The van der Waals surface area contributed by atoms with Crippen molar-refractivity contribution in [3.63, 3.8) is 0 Å². The maximum atomic E-state index is 14.5. The molecule has 3 aromatic rings. The van der Waals surface area contributed by atoms with E-state index in [0.717, 1.165) is 47.3 Å². The minimum Gasteiger partial charge on any atom is -0.508 e. The van der Waals surface area contributed by atoms with Crippen molar-refractivity contribution >= 4 is 23.5 Å². The molecule has 0 radical (unpaired) electrons. The first kappa shape index (κ1) is 31.2. The van der Waals surface area contributed by atoms with E-state index in [1.165, 1.54) is 5.56 Å². The zero-order chi connectivity index (χ0) is 32.4. The average molecular weight is 623 g/mol. The number of hydrazine groups is 1. The van der Waals surface area contributed by atoms with Crippen molar-refractivity contribution in [3.05, 3.63) is 107 Å². The van der Waals surface area contributed by atoms with Crippen LogP contribution in [0.3, 0.4) is 0 Å². The number of phenolic OH excluding ortho intramolecular Hbond substituents is 1. The van der Waals surface area contributed by atoms with Crippen molar-refractivity contribution < 1.29 is 19.5 Å². The number of aryl methyl sites for hydroxylation is 2. The number of hydrogen-bond donors (Lipinski definition) is 2. The molecule has 3 aliphatic heterocycles. The lowest BCUT2D eigenvalue weighted by Gasteiger charge is -2.55. The Hall–Kier alpha value is -4.83. The van der Waals surface area contributed by atoms with Gasteiger partial charge in [0.25, 0.3) is 0 Å².